The summed E-state index contributed by atoms with van der Waals surface area (Å²) >= 11 is 0. The van der Waals surface area contributed by atoms with Gasteiger partial charge >= 0.3 is 5.97 Å². The Kier molecular flexibility index (Phi) is 6.40. The molecule has 1 spiro atoms. The lowest BCUT2D eigenvalue weighted by Crippen LogP contribution is -2.80. The molecule has 6 aliphatic rings. The van der Waals surface area contributed by atoms with Crippen molar-refractivity contribution in [1.29, 1.82) is 0 Å². The zero-order valence-corrected chi connectivity index (χ0v) is 26.0. The fourth-order valence-corrected chi connectivity index (χ4v) is 8.31. The topological polar surface area (TPSA) is 129 Å². The molecule has 9 heteroatoms. The molecule has 6 atom stereocenters. The summed E-state index contributed by atoms with van der Waals surface area (Å²) in [5.74, 6) is -3.41. The first kappa shape index (κ1) is 29.6. The van der Waals surface area contributed by atoms with Crippen LogP contribution in [0.4, 0.5) is 0 Å². The van der Waals surface area contributed by atoms with E-state index in [-0.39, 0.29) is 40.6 Å². The minimum atomic E-state index is -1.65. The van der Waals surface area contributed by atoms with E-state index in [9.17, 15) is 24.6 Å². The number of Topliss-reactive ketones (excluding diaryl/α,β-unsaturated/α-hetero) is 2. The number of phenols is 1. The van der Waals surface area contributed by atoms with Gasteiger partial charge in [0.15, 0.2) is 22.8 Å². The highest BCUT2D eigenvalue weighted by atomic mass is 16.6. The van der Waals surface area contributed by atoms with Crippen molar-refractivity contribution < 1.29 is 43.5 Å². The Morgan fingerprint density at radius 1 is 1.09 bits per heavy atom. The van der Waals surface area contributed by atoms with Crippen LogP contribution in [0.25, 0.3) is 6.08 Å². The third-order valence-corrected chi connectivity index (χ3v) is 10.2. The summed E-state index contributed by atoms with van der Waals surface area (Å²) in [6, 6.07) is 0. The molecule has 43 heavy (non-hydrogen) atoms. The molecule has 0 unspecified atom stereocenters. The lowest BCUT2D eigenvalue weighted by Gasteiger charge is -2.62. The van der Waals surface area contributed by atoms with Crippen molar-refractivity contribution in [2.75, 3.05) is 7.11 Å². The average Bonchev–Trinajstić information content (AvgIpc) is 3.06. The summed E-state index contributed by atoms with van der Waals surface area (Å²) in [5, 5.41) is 21.3. The molecule has 7 rings (SSSR count). The monoisotopic (exact) mass is 592 g/mol. The number of methoxy groups -OCH3 is 1. The van der Waals surface area contributed by atoms with Crippen molar-refractivity contribution >= 4 is 23.6 Å². The lowest BCUT2D eigenvalue weighted by atomic mass is 9.45. The van der Waals surface area contributed by atoms with E-state index in [0.717, 1.165) is 5.57 Å². The molecule has 4 fully saturated rings. The average molecular weight is 593 g/mol. The van der Waals surface area contributed by atoms with Gasteiger partial charge in [0.25, 0.3) is 0 Å². The number of carbonyl (C=O) groups excluding carboxylic acids is 2. The van der Waals surface area contributed by atoms with Gasteiger partial charge in [-0.2, -0.15) is 0 Å². The Morgan fingerprint density at radius 3 is 2.42 bits per heavy atom. The van der Waals surface area contributed by atoms with Gasteiger partial charge in [0.05, 0.1) is 23.2 Å². The highest BCUT2D eigenvalue weighted by molar-refractivity contribution is 6.10. The van der Waals surface area contributed by atoms with E-state index in [1.165, 1.54) is 20.1 Å². The van der Waals surface area contributed by atoms with Gasteiger partial charge < -0.3 is 29.2 Å². The number of hydrogen-bond donors (Lipinski definition) is 2. The number of phenolic OH excluding ortho intramolecular Hbond substituents is 1. The highest BCUT2D eigenvalue weighted by Crippen LogP contribution is 2.70. The van der Waals surface area contributed by atoms with Crippen molar-refractivity contribution in [3.63, 3.8) is 0 Å². The van der Waals surface area contributed by atoms with Crippen molar-refractivity contribution in [2.24, 2.45) is 17.8 Å². The number of benzene rings is 1. The number of carboxylic acid groups (broad SMARTS) is 1. The van der Waals surface area contributed by atoms with Crippen molar-refractivity contribution in [3.8, 4) is 17.2 Å². The van der Waals surface area contributed by atoms with Crippen LogP contribution in [0.3, 0.4) is 0 Å². The van der Waals surface area contributed by atoms with E-state index in [1.54, 1.807) is 6.08 Å². The zero-order chi connectivity index (χ0) is 31.4. The first-order chi connectivity index (χ1) is 20.0. The fourth-order valence-electron chi connectivity index (χ4n) is 8.31. The van der Waals surface area contributed by atoms with Crippen LogP contribution in [0.15, 0.2) is 29.4 Å². The number of hydrogen-bond acceptors (Lipinski definition) is 8. The minimum absolute atomic E-state index is 0.0474. The maximum Gasteiger partial charge on any atom is 0.330 e. The number of ether oxygens (including phenoxy) is 4. The maximum absolute atomic E-state index is 14.9. The van der Waals surface area contributed by atoms with Gasteiger partial charge in [0, 0.05) is 36.5 Å². The quantitative estimate of drug-likeness (QED) is 0.338. The zero-order valence-electron chi connectivity index (χ0n) is 26.0. The maximum atomic E-state index is 14.9. The molecule has 0 radical (unpaired) electrons. The first-order valence-electron chi connectivity index (χ1n) is 14.9. The molecule has 9 nitrogen and oxygen atoms in total. The van der Waals surface area contributed by atoms with Crippen LogP contribution in [0.1, 0.15) is 82.8 Å². The Bertz CT molecular complexity index is 1560. The highest BCUT2D eigenvalue weighted by Gasteiger charge is 2.85. The fraction of sp³-hybridized carbons (Fsp3) is 0.559. The van der Waals surface area contributed by atoms with E-state index in [4.69, 9.17) is 18.9 Å². The normalized spacial score (nSPS) is 34.1. The Morgan fingerprint density at radius 2 is 1.79 bits per heavy atom. The molecular formula is C34H40O9. The third-order valence-electron chi connectivity index (χ3n) is 10.2. The standard InChI is InChI=1S/C34H40O9/c1-16(2)9-10-19-26-18(12-13-31(4,5)41-26)24(35)22-25(36)23-28(40-8)20-15-21-32(6,7)43-33(29(20)37,14-11-17(3)30(38)39)34(21,23)42-27(19)22/h9,11-13,20-21,23,28,35H,10,14-15H2,1-8H3,(H,38,39)/t20-,21-,23+,28-,33-,34-/m1/s1. The van der Waals surface area contributed by atoms with E-state index >= 15 is 0 Å². The van der Waals surface area contributed by atoms with Gasteiger partial charge in [-0.15, -0.1) is 0 Å². The molecule has 3 saturated carbocycles. The predicted molar refractivity (Wildman–Crippen MR) is 157 cm³/mol. The summed E-state index contributed by atoms with van der Waals surface area (Å²) in [6.07, 6.45) is 6.97. The molecule has 4 bridgehead atoms. The van der Waals surface area contributed by atoms with Gasteiger partial charge in [-0.05, 0) is 73.5 Å². The van der Waals surface area contributed by atoms with Crippen LogP contribution in [-0.4, -0.2) is 63.4 Å². The number of aliphatic carboxylic acids is 1. The summed E-state index contributed by atoms with van der Waals surface area (Å²) in [5.41, 5.74) is -2.57. The Balaban J connectivity index is 1.68. The molecule has 2 N–H and O–H groups in total. The van der Waals surface area contributed by atoms with Crippen LogP contribution >= 0.6 is 0 Å². The number of rotatable bonds is 6. The molecule has 0 aromatic heterocycles. The number of carbonyl (C=O) groups is 3. The lowest BCUT2D eigenvalue weighted by molar-refractivity contribution is -0.224. The third kappa shape index (κ3) is 3.80. The summed E-state index contributed by atoms with van der Waals surface area (Å²) in [4.78, 5) is 41.2. The van der Waals surface area contributed by atoms with Gasteiger partial charge in [-0.1, -0.05) is 17.7 Å². The van der Waals surface area contributed by atoms with Crippen molar-refractivity contribution in [1.82, 2.24) is 0 Å². The first-order valence-corrected chi connectivity index (χ1v) is 14.9. The van der Waals surface area contributed by atoms with Crippen molar-refractivity contribution in [3.05, 3.63) is 46.1 Å². The minimum Gasteiger partial charge on any atom is -0.506 e. The van der Waals surface area contributed by atoms with Gasteiger partial charge in [0.1, 0.15) is 28.4 Å². The van der Waals surface area contributed by atoms with Crippen molar-refractivity contribution in [2.45, 2.75) is 96.2 Å². The molecule has 1 aromatic rings. The van der Waals surface area contributed by atoms with E-state index < -0.39 is 52.2 Å². The molecule has 1 aromatic carbocycles. The Labute approximate surface area is 251 Å². The second-order valence-electron chi connectivity index (χ2n) is 13.9. The van der Waals surface area contributed by atoms with Crippen LogP contribution in [0.5, 0.6) is 17.2 Å². The molecular weight excluding hydrogens is 552 g/mol. The number of ketones is 2. The van der Waals surface area contributed by atoms with E-state index in [1.807, 2.05) is 53.7 Å². The van der Waals surface area contributed by atoms with Crippen LogP contribution in [0.2, 0.25) is 0 Å². The number of aromatic hydroxyl groups is 1. The SMILES string of the molecule is CO[C@@H]1[C@H]2C[C@@H]3C(C)(C)O[C@](CC=C(C)C(=O)O)(C2=O)[C@@]32Oc3c(CC=C(C)C)c4c(c(O)c3C(=O)[C@@H]12)C=CC(C)(C)O4. The van der Waals surface area contributed by atoms with Crippen LogP contribution < -0.4 is 9.47 Å². The molecule has 3 heterocycles. The van der Waals surface area contributed by atoms with Crippen LogP contribution in [0, 0.1) is 17.8 Å². The van der Waals surface area contributed by atoms with Gasteiger partial charge in [0.2, 0.25) is 0 Å². The van der Waals surface area contributed by atoms with Gasteiger partial charge in [-0.3, -0.25) is 9.59 Å². The molecule has 230 valence electrons. The molecule has 0 amide bonds. The second-order valence-corrected chi connectivity index (χ2v) is 13.9. The predicted octanol–water partition coefficient (Wildman–Crippen LogP) is 5.22. The smallest absolute Gasteiger partial charge is 0.330 e. The number of fused-ring (bicyclic) bond motifs is 2. The summed E-state index contributed by atoms with van der Waals surface area (Å²) < 4.78 is 26.2. The Hall–Kier alpha value is -3.43. The largest absolute Gasteiger partial charge is 0.506 e. The number of carboxylic acids is 1. The van der Waals surface area contributed by atoms with Gasteiger partial charge in [-0.25, -0.2) is 4.79 Å². The molecule has 3 aliphatic carbocycles. The molecule has 3 aliphatic heterocycles. The van der Waals surface area contributed by atoms with E-state index in [0.29, 0.717) is 29.7 Å². The molecule has 1 saturated heterocycles. The number of allylic oxidation sites excluding steroid dienone is 2. The van der Waals surface area contributed by atoms with E-state index in [2.05, 4.69) is 0 Å². The van der Waals surface area contributed by atoms with Crippen LogP contribution in [-0.2, 0) is 25.5 Å². The summed E-state index contributed by atoms with van der Waals surface area (Å²) in [6.45, 7) is 13.0. The second kappa shape index (κ2) is 9.29. The summed E-state index contributed by atoms with van der Waals surface area (Å²) in [7, 11) is 1.48.